The van der Waals surface area contributed by atoms with E-state index in [9.17, 15) is 9.59 Å². The van der Waals surface area contributed by atoms with E-state index in [4.69, 9.17) is 9.84 Å². The monoisotopic (exact) mass is 252 g/mol. The van der Waals surface area contributed by atoms with Crippen LogP contribution in [-0.2, 0) is 4.74 Å². The van der Waals surface area contributed by atoms with Gasteiger partial charge in [0.25, 0.3) is 5.91 Å². The number of nitrogens with zero attached hydrogens (tertiary/aromatic N) is 2. The Balaban J connectivity index is 2.80. The molecule has 0 bridgehead atoms. The summed E-state index contributed by atoms with van der Waals surface area (Å²) in [6.07, 6.45) is 2.09. The van der Waals surface area contributed by atoms with Crippen LogP contribution in [0.5, 0.6) is 0 Å². The Hall–Kier alpha value is -1.95. The van der Waals surface area contributed by atoms with Crippen LogP contribution in [-0.4, -0.2) is 54.2 Å². The second-order valence-corrected chi connectivity index (χ2v) is 3.78. The summed E-state index contributed by atoms with van der Waals surface area (Å²) in [5, 5.41) is 8.98. The summed E-state index contributed by atoms with van der Waals surface area (Å²) in [6.45, 7) is 1.04. The maximum absolute atomic E-state index is 12.0. The number of pyridine rings is 1. The minimum absolute atomic E-state index is 0.0371. The van der Waals surface area contributed by atoms with Gasteiger partial charge in [0.1, 0.15) is 5.69 Å². The number of methoxy groups -OCH3 is 1. The van der Waals surface area contributed by atoms with Gasteiger partial charge in [0.2, 0.25) is 0 Å². The first kappa shape index (κ1) is 14.1. The molecule has 0 spiro atoms. The highest BCUT2D eigenvalue weighted by Gasteiger charge is 2.20. The van der Waals surface area contributed by atoms with Crippen LogP contribution in [0.1, 0.15) is 27.3 Å². The summed E-state index contributed by atoms with van der Waals surface area (Å²) in [7, 11) is 3.20. The molecule has 1 amide bonds. The Morgan fingerprint density at radius 1 is 1.50 bits per heavy atom. The van der Waals surface area contributed by atoms with E-state index in [1.807, 2.05) is 0 Å². The second-order valence-electron chi connectivity index (χ2n) is 3.78. The lowest BCUT2D eigenvalue weighted by Crippen LogP contribution is -2.30. The predicted octanol–water partition coefficient (Wildman–Crippen LogP) is 0.888. The molecule has 98 valence electrons. The van der Waals surface area contributed by atoms with Crippen LogP contribution in [0.25, 0.3) is 0 Å². The molecule has 0 aliphatic heterocycles. The predicted molar refractivity (Wildman–Crippen MR) is 64.6 cm³/mol. The molecule has 6 heteroatoms. The molecular weight excluding hydrogens is 236 g/mol. The molecule has 0 saturated carbocycles. The molecule has 1 aromatic heterocycles. The van der Waals surface area contributed by atoms with E-state index in [1.54, 1.807) is 14.2 Å². The van der Waals surface area contributed by atoms with E-state index in [0.29, 0.717) is 19.6 Å². The molecule has 6 nitrogen and oxygen atoms in total. The zero-order chi connectivity index (χ0) is 13.5. The van der Waals surface area contributed by atoms with E-state index in [0.717, 1.165) is 0 Å². The minimum Gasteiger partial charge on any atom is -0.478 e. The van der Waals surface area contributed by atoms with Crippen LogP contribution in [0.2, 0.25) is 0 Å². The molecule has 0 radical (unpaired) electrons. The molecule has 0 unspecified atom stereocenters. The van der Waals surface area contributed by atoms with Crippen LogP contribution < -0.4 is 0 Å². The number of hydrogen-bond donors (Lipinski definition) is 1. The van der Waals surface area contributed by atoms with Crippen molar-refractivity contribution in [2.24, 2.45) is 0 Å². The average molecular weight is 252 g/mol. The van der Waals surface area contributed by atoms with Crippen molar-refractivity contribution in [2.45, 2.75) is 6.42 Å². The molecule has 0 fully saturated rings. The van der Waals surface area contributed by atoms with Gasteiger partial charge in [0, 0.05) is 33.5 Å². The number of aromatic carboxylic acids is 1. The fourth-order valence-electron chi connectivity index (χ4n) is 1.48. The number of carbonyl (C=O) groups is 2. The number of amides is 1. The van der Waals surface area contributed by atoms with Gasteiger partial charge in [-0.1, -0.05) is 0 Å². The summed E-state index contributed by atoms with van der Waals surface area (Å²) >= 11 is 0. The number of carbonyl (C=O) groups excluding carboxylic acids is 1. The molecule has 18 heavy (non-hydrogen) atoms. The topological polar surface area (TPSA) is 79.7 Å². The molecule has 1 N–H and O–H groups in total. The zero-order valence-electron chi connectivity index (χ0n) is 10.4. The standard InChI is InChI=1S/C12H16N2O4/c1-14(7-4-8-18-2)11(15)10-9(12(16)17)5-3-6-13-10/h3,5-6H,4,7-8H2,1-2H3,(H,16,17). The highest BCUT2D eigenvalue weighted by molar-refractivity contribution is 6.03. The molecule has 0 aliphatic carbocycles. The normalized spacial score (nSPS) is 10.1. The molecule has 0 saturated heterocycles. The van der Waals surface area contributed by atoms with Gasteiger partial charge >= 0.3 is 5.97 Å². The summed E-state index contributed by atoms with van der Waals surface area (Å²) in [6, 6.07) is 2.86. The van der Waals surface area contributed by atoms with E-state index in [2.05, 4.69) is 4.98 Å². The van der Waals surface area contributed by atoms with Crippen molar-refractivity contribution in [1.29, 1.82) is 0 Å². The van der Waals surface area contributed by atoms with Gasteiger partial charge < -0.3 is 14.7 Å². The first-order valence-electron chi connectivity index (χ1n) is 5.50. The van der Waals surface area contributed by atoms with E-state index in [1.165, 1.54) is 23.2 Å². The first-order valence-corrected chi connectivity index (χ1v) is 5.50. The van der Waals surface area contributed by atoms with Crippen LogP contribution in [0.15, 0.2) is 18.3 Å². The molecule has 1 aromatic rings. The largest absolute Gasteiger partial charge is 0.478 e. The lowest BCUT2D eigenvalue weighted by molar-refractivity contribution is 0.0677. The van der Waals surface area contributed by atoms with Crippen molar-refractivity contribution in [3.63, 3.8) is 0 Å². The Bertz CT molecular complexity index is 434. The van der Waals surface area contributed by atoms with Gasteiger partial charge in [0.05, 0.1) is 5.56 Å². The molecule has 1 rings (SSSR count). The second kappa shape index (κ2) is 6.70. The fourth-order valence-corrected chi connectivity index (χ4v) is 1.48. The van der Waals surface area contributed by atoms with Gasteiger partial charge in [0.15, 0.2) is 0 Å². The van der Waals surface area contributed by atoms with Crippen LogP contribution in [0, 0.1) is 0 Å². The van der Waals surface area contributed by atoms with Crippen LogP contribution in [0.3, 0.4) is 0 Å². The van der Waals surface area contributed by atoms with Crippen molar-refractivity contribution in [3.05, 3.63) is 29.6 Å². The van der Waals surface area contributed by atoms with Crippen LogP contribution >= 0.6 is 0 Å². The lowest BCUT2D eigenvalue weighted by atomic mass is 10.2. The smallest absolute Gasteiger partial charge is 0.338 e. The molecule has 1 heterocycles. The number of carboxylic acid groups (broad SMARTS) is 1. The third kappa shape index (κ3) is 3.53. The van der Waals surface area contributed by atoms with E-state index in [-0.39, 0.29) is 11.3 Å². The zero-order valence-corrected chi connectivity index (χ0v) is 10.4. The number of hydrogen-bond acceptors (Lipinski definition) is 4. The third-order valence-electron chi connectivity index (χ3n) is 2.43. The van der Waals surface area contributed by atoms with Gasteiger partial charge in [-0.2, -0.15) is 0 Å². The molecular formula is C12H16N2O4. The van der Waals surface area contributed by atoms with Crippen molar-refractivity contribution >= 4 is 11.9 Å². The maximum atomic E-state index is 12.0. The van der Waals surface area contributed by atoms with E-state index < -0.39 is 11.9 Å². The maximum Gasteiger partial charge on any atom is 0.338 e. The average Bonchev–Trinajstić information content (AvgIpc) is 2.38. The van der Waals surface area contributed by atoms with Gasteiger partial charge in [-0.25, -0.2) is 4.79 Å². The van der Waals surface area contributed by atoms with Gasteiger partial charge in [-0.05, 0) is 18.6 Å². The molecule has 0 atom stereocenters. The summed E-state index contributed by atoms with van der Waals surface area (Å²) < 4.78 is 4.89. The van der Waals surface area contributed by atoms with Crippen molar-refractivity contribution < 1.29 is 19.4 Å². The Kier molecular flexibility index (Phi) is 5.26. The number of carboxylic acids is 1. The lowest BCUT2D eigenvalue weighted by Gasteiger charge is -2.17. The molecule has 0 aromatic carbocycles. The fraction of sp³-hybridized carbons (Fsp3) is 0.417. The van der Waals surface area contributed by atoms with Crippen molar-refractivity contribution in [2.75, 3.05) is 27.3 Å². The van der Waals surface area contributed by atoms with Crippen molar-refractivity contribution in [3.8, 4) is 0 Å². The number of ether oxygens (including phenoxy) is 1. The highest BCUT2D eigenvalue weighted by atomic mass is 16.5. The summed E-state index contributed by atoms with van der Waals surface area (Å²) in [5.41, 5.74) is -0.119. The Morgan fingerprint density at radius 2 is 2.22 bits per heavy atom. The highest BCUT2D eigenvalue weighted by Crippen LogP contribution is 2.08. The quantitative estimate of drug-likeness (QED) is 0.760. The number of aromatic nitrogens is 1. The Morgan fingerprint density at radius 3 is 2.83 bits per heavy atom. The van der Waals surface area contributed by atoms with Gasteiger partial charge in [-0.3, -0.25) is 9.78 Å². The Labute approximate surface area is 105 Å². The molecule has 0 aliphatic rings. The number of rotatable bonds is 6. The van der Waals surface area contributed by atoms with Crippen molar-refractivity contribution in [1.82, 2.24) is 9.88 Å². The minimum atomic E-state index is -1.16. The SMILES string of the molecule is COCCCN(C)C(=O)c1ncccc1C(=O)O. The first-order chi connectivity index (χ1) is 8.57. The third-order valence-corrected chi connectivity index (χ3v) is 2.43. The van der Waals surface area contributed by atoms with E-state index >= 15 is 0 Å². The summed E-state index contributed by atoms with van der Waals surface area (Å²) in [5.74, 6) is -1.55. The van der Waals surface area contributed by atoms with Crippen LogP contribution in [0.4, 0.5) is 0 Å². The van der Waals surface area contributed by atoms with Gasteiger partial charge in [-0.15, -0.1) is 0 Å². The summed E-state index contributed by atoms with van der Waals surface area (Å²) in [4.78, 5) is 28.3.